The van der Waals surface area contributed by atoms with E-state index in [4.69, 9.17) is 20.9 Å². The number of aromatic hydroxyl groups is 2. The van der Waals surface area contributed by atoms with Crippen LogP contribution in [0.5, 0.6) is 11.5 Å². The summed E-state index contributed by atoms with van der Waals surface area (Å²) in [7, 11) is 0. The molecule has 0 aliphatic carbocycles. The Balaban J connectivity index is 2.23. The summed E-state index contributed by atoms with van der Waals surface area (Å²) in [6.07, 6.45) is -0.539. The number of benzene rings is 2. The number of phenols is 2. The van der Waals surface area contributed by atoms with Gasteiger partial charge in [-0.1, -0.05) is 12.1 Å². The van der Waals surface area contributed by atoms with Gasteiger partial charge in [0.2, 0.25) is 23.6 Å². The summed E-state index contributed by atoms with van der Waals surface area (Å²) in [6.45, 7) is 12.4. The minimum Gasteiger partial charge on any atom is -0.508 e. The van der Waals surface area contributed by atoms with E-state index in [1.165, 1.54) is 6.07 Å². The molecule has 2 aromatic carbocycles. The molecule has 0 aliphatic rings. The van der Waals surface area contributed by atoms with E-state index in [1.807, 2.05) is 0 Å². The van der Waals surface area contributed by atoms with Gasteiger partial charge in [-0.3, -0.25) is 19.2 Å². The van der Waals surface area contributed by atoms with Gasteiger partial charge in [-0.05, 0) is 121 Å². The normalized spacial score (nSPS) is 12.9. The molecule has 2 rings (SSSR count). The predicted molar refractivity (Wildman–Crippen MR) is 222 cm³/mol. The second-order valence-electron chi connectivity index (χ2n) is 16.2. The highest BCUT2D eigenvalue weighted by molar-refractivity contribution is 5.93. The molecule has 0 unspecified atom stereocenters. The summed E-state index contributed by atoms with van der Waals surface area (Å²) in [6, 6.07) is 6.77. The largest absolute Gasteiger partial charge is 0.508 e. The Kier molecular flexibility index (Phi) is 19.9. The number of nitrogens with two attached hydrogens (primary N) is 2. The van der Waals surface area contributed by atoms with Gasteiger partial charge in [0, 0.05) is 45.1 Å². The summed E-state index contributed by atoms with van der Waals surface area (Å²) < 4.78 is 10.7. The lowest BCUT2D eigenvalue weighted by atomic mass is 9.97. The first-order valence-electron chi connectivity index (χ1n) is 19.7. The third-order valence-electron chi connectivity index (χ3n) is 8.42. The van der Waals surface area contributed by atoms with Gasteiger partial charge in [-0.15, -0.1) is 0 Å². The molecule has 328 valence electrons. The molecule has 2 aromatic rings. The summed E-state index contributed by atoms with van der Waals surface area (Å²) in [5.74, 6) is -2.26. The molecule has 0 heterocycles. The molecule has 0 aromatic heterocycles. The molecule has 59 heavy (non-hydrogen) atoms. The summed E-state index contributed by atoms with van der Waals surface area (Å²) in [5, 5.41) is 36.6. The van der Waals surface area contributed by atoms with Gasteiger partial charge in [-0.2, -0.15) is 0 Å². The van der Waals surface area contributed by atoms with Crippen LogP contribution >= 0.6 is 0 Å². The first kappa shape index (κ1) is 49.5. The molecule has 0 saturated carbocycles. The zero-order chi connectivity index (χ0) is 44.3. The number of nitrogens with one attached hydrogen (secondary N) is 6. The van der Waals surface area contributed by atoms with Gasteiger partial charge in [0.15, 0.2) is 0 Å². The van der Waals surface area contributed by atoms with Gasteiger partial charge in [0.25, 0.3) is 0 Å². The Morgan fingerprint density at radius 3 is 1.88 bits per heavy atom. The predicted octanol–water partition coefficient (Wildman–Crippen LogP) is 2.10. The molecule has 6 amide bonds. The smallest absolute Gasteiger partial charge is 0.408 e. The van der Waals surface area contributed by atoms with Crippen molar-refractivity contribution in [3.05, 3.63) is 47.5 Å². The number of rotatable bonds is 21. The maximum atomic E-state index is 14.0. The van der Waals surface area contributed by atoms with Crippen molar-refractivity contribution in [2.75, 3.05) is 32.7 Å². The van der Waals surface area contributed by atoms with Gasteiger partial charge in [-0.25, -0.2) is 9.59 Å². The number of phenolic OH excluding ortho intramolecular Hbond substituents is 2. The van der Waals surface area contributed by atoms with Crippen LogP contribution in [0.3, 0.4) is 0 Å². The highest BCUT2D eigenvalue weighted by atomic mass is 16.6. The van der Waals surface area contributed by atoms with E-state index in [-0.39, 0.29) is 56.2 Å². The molecule has 0 bridgehead atoms. The summed E-state index contributed by atoms with van der Waals surface area (Å²) in [5.41, 5.74) is 12.1. The van der Waals surface area contributed by atoms with Gasteiger partial charge < -0.3 is 63.1 Å². The number of alkyl carbamates (subject to hydrolysis) is 2. The van der Waals surface area contributed by atoms with Crippen LogP contribution in [-0.2, 0) is 35.1 Å². The number of aryl methyl sites for hydroxylation is 1. The lowest BCUT2D eigenvalue weighted by molar-refractivity contribution is -0.131. The number of carbonyl (C=O) groups excluding carboxylic acids is 6. The Labute approximate surface area is 346 Å². The third kappa shape index (κ3) is 20.1. The first-order chi connectivity index (χ1) is 27.6. The van der Waals surface area contributed by atoms with Crippen LogP contribution in [0, 0.1) is 6.92 Å². The molecule has 0 spiro atoms. The van der Waals surface area contributed by atoms with E-state index in [1.54, 1.807) is 78.8 Å². The maximum Gasteiger partial charge on any atom is 0.408 e. The minimum absolute atomic E-state index is 0.00579. The van der Waals surface area contributed by atoms with Crippen LogP contribution in [0.15, 0.2) is 36.4 Å². The van der Waals surface area contributed by atoms with Crippen molar-refractivity contribution in [1.82, 2.24) is 31.9 Å². The van der Waals surface area contributed by atoms with Crippen LogP contribution in [0.4, 0.5) is 9.59 Å². The number of hydrogen-bond acceptors (Lipinski definition) is 12. The van der Waals surface area contributed by atoms with Gasteiger partial charge >= 0.3 is 12.2 Å². The van der Waals surface area contributed by atoms with Crippen molar-refractivity contribution in [3.8, 4) is 22.6 Å². The van der Waals surface area contributed by atoms with E-state index < -0.39 is 65.8 Å². The zero-order valence-electron chi connectivity index (χ0n) is 35.3. The Morgan fingerprint density at radius 1 is 0.678 bits per heavy atom. The van der Waals surface area contributed by atoms with Crippen molar-refractivity contribution in [2.24, 2.45) is 11.5 Å². The third-order valence-corrected chi connectivity index (χ3v) is 8.42. The molecule has 0 saturated heterocycles. The fourth-order valence-corrected chi connectivity index (χ4v) is 5.56. The van der Waals surface area contributed by atoms with E-state index in [2.05, 4.69) is 31.9 Å². The number of carbonyl (C=O) groups is 6. The van der Waals surface area contributed by atoms with Crippen LogP contribution in [0.2, 0.25) is 0 Å². The topological polar surface area (TPSA) is 286 Å². The molecule has 0 aliphatic heterocycles. The number of hydrogen-bond donors (Lipinski definition) is 10. The standard InChI is InChI=1S/C41H64N8O10/c1-25-20-26(12-14-32(25)50)27-13-15-33(51)28(21-27)22-31(49-39(57)59-41(5,6)7)37(55)48-30(11-9-18-46-38(56)58-40(2,3)4)36(54)47-24-35(53)44-17-8-10-29(43)23-34(52)45-19-16-42/h12-15,20-21,29-31,50-51H,8-11,16-19,22-24,42-43H2,1-7H3,(H,44,53)(H,45,52)(H,46,56)(H,47,54)(H,48,55)(H,49,57)/t29-,30-,31-/m0/s1. The second-order valence-corrected chi connectivity index (χ2v) is 16.2. The van der Waals surface area contributed by atoms with Gasteiger partial charge in [0.05, 0.1) is 6.54 Å². The van der Waals surface area contributed by atoms with Crippen LogP contribution < -0.4 is 43.4 Å². The van der Waals surface area contributed by atoms with E-state index in [9.17, 15) is 39.0 Å². The lowest BCUT2D eigenvalue weighted by Crippen LogP contribution is -2.55. The van der Waals surface area contributed by atoms with Crippen LogP contribution in [0.25, 0.3) is 11.1 Å². The molecule has 0 radical (unpaired) electrons. The molecular weight excluding hydrogens is 764 g/mol. The molecule has 18 nitrogen and oxygen atoms in total. The minimum atomic E-state index is -1.36. The van der Waals surface area contributed by atoms with Crippen molar-refractivity contribution < 1.29 is 48.5 Å². The fourth-order valence-electron chi connectivity index (χ4n) is 5.56. The molecule has 3 atom stereocenters. The van der Waals surface area contributed by atoms with E-state index in [0.717, 1.165) is 5.56 Å². The molecular formula is C41H64N8O10. The second kappa shape index (κ2) is 23.7. The summed E-state index contributed by atoms with van der Waals surface area (Å²) >= 11 is 0. The molecule has 0 fully saturated rings. The van der Waals surface area contributed by atoms with Crippen molar-refractivity contribution >= 4 is 35.8 Å². The van der Waals surface area contributed by atoms with Crippen molar-refractivity contribution in [1.29, 1.82) is 0 Å². The SMILES string of the molecule is Cc1cc(-c2ccc(O)c(C[C@H](NC(=O)OC(C)(C)C)C(=O)N[C@@H](CCCNC(=O)OC(C)(C)C)C(=O)NCC(=O)NCCC[C@H](N)CC(=O)NCCN)c2)ccc1O. The summed E-state index contributed by atoms with van der Waals surface area (Å²) in [4.78, 5) is 77.3. The van der Waals surface area contributed by atoms with Crippen LogP contribution in [-0.4, -0.2) is 108 Å². The average molecular weight is 829 g/mol. The Morgan fingerprint density at radius 2 is 1.25 bits per heavy atom. The fraction of sp³-hybridized carbons (Fsp3) is 0.561. The average Bonchev–Trinajstić information content (AvgIpc) is 3.12. The molecule has 12 N–H and O–H groups in total. The highest BCUT2D eigenvalue weighted by Crippen LogP contribution is 2.30. The number of ether oxygens (including phenoxy) is 2. The number of amides is 6. The maximum absolute atomic E-state index is 14.0. The Bertz CT molecular complexity index is 1740. The zero-order valence-corrected chi connectivity index (χ0v) is 35.3. The lowest BCUT2D eigenvalue weighted by Gasteiger charge is -2.26. The van der Waals surface area contributed by atoms with E-state index in [0.29, 0.717) is 42.6 Å². The van der Waals surface area contributed by atoms with Crippen molar-refractivity contribution in [2.45, 2.75) is 116 Å². The van der Waals surface area contributed by atoms with Gasteiger partial charge in [0.1, 0.15) is 34.8 Å². The molecule has 18 heteroatoms. The first-order valence-corrected chi connectivity index (χ1v) is 19.7. The monoisotopic (exact) mass is 828 g/mol. The Hall–Kier alpha value is -5.62. The quantitative estimate of drug-likeness (QED) is 0.0810. The van der Waals surface area contributed by atoms with Crippen LogP contribution in [0.1, 0.15) is 84.8 Å². The highest BCUT2D eigenvalue weighted by Gasteiger charge is 2.30. The van der Waals surface area contributed by atoms with Crippen molar-refractivity contribution in [3.63, 3.8) is 0 Å². The van der Waals surface area contributed by atoms with E-state index >= 15 is 0 Å².